The van der Waals surface area contributed by atoms with Crippen LogP contribution in [0.15, 0.2) is 71.6 Å². The average Bonchev–Trinajstić information content (AvgIpc) is 2.91. The summed E-state index contributed by atoms with van der Waals surface area (Å²) in [6.07, 6.45) is -4.83. The Balaban J connectivity index is 2.16. The zero-order chi connectivity index (χ0) is 31.4. The van der Waals surface area contributed by atoms with E-state index in [9.17, 15) is 31.2 Å². The van der Waals surface area contributed by atoms with Crippen molar-refractivity contribution in [3.8, 4) is 0 Å². The standard InChI is InChI=1S/C28H27Cl3F3N3O4S/c1-17(2)35-27(39)18(3)36(15-21-22(29)10-7-11-23(21)30)26(38)16-37(42(40,41)20-8-5-4-6-9-20)25-14-19(28(32,33)34)12-13-24(25)31/h4-14,17-18H,15-16H2,1-3H3,(H,35,39)/t18-/m1/s1. The number of nitrogens with zero attached hydrogens (tertiary/aromatic N) is 2. The van der Waals surface area contributed by atoms with Crippen molar-refractivity contribution in [1.29, 1.82) is 0 Å². The molecule has 0 fully saturated rings. The largest absolute Gasteiger partial charge is 0.416 e. The number of alkyl halides is 3. The lowest BCUT2D eigenvalue weighted by Crippen LogP contribution is -2.52. The zero-order valence-electron chi connectivity index (χ0n) is 22.6. The molecule has 0 aromatic heterocycles. The molecule has 2 amide bonds. The van der Waals surface area contributed by atoms with Crippen molar-refractivity contribution in [2.24, 2.45) is 0 Å². The fraction of sp³-hybridized carbons (Fsp3) is 0.286. The highest BCUT2D eigenvalue weighted by molar-refractivity contribution is 7.92. The SMILES string of the molecule is CC(C)NC(=O)[C@@H](C)N(Cc1c(Cl)cccc1Cl)C(=O)CN(c1cc(C(F)(F)F)ccc1Cl)S(=O)(=O)c1ccccc1. The fourth-order valence-corrected chi connectivity index (χ4v) is 6.19. The molecule has 0 unspecified atom stereocenters. The molecule has 0 radical (unpaired) electrons. The van der Waals surface area contributed by atoms with Crippen LogP contribution in [0.1, 0.15) is 31.9 Å². The van der Waals surface area contributed by atoms with Gasteiger partial charge in [-0.3, -0.25) is 13.9 Å². The lowest BCUT2D eigenvalue weighted by atomic mass is 10.1. The summed E-state index contributed by atoms with van der Waals surface area (Å²) in [7, 11) is -4.64. The first-order valence-corrected chi connectivity index (χ1v) is 15.1. The highest BCUT2D eigenvalue weighted by atomic mass is 35.5. The van der Waals surface area contributed by atoms with Gasteiger partial charge >= 0.3 is 6.18 Å². The molecule has 0 aliphatic carbocycles. The minimum atomic E-state index is -4.83. The summed E-state index contributed by atoms with van der Waals surface area (Å²) in [5, 5.41) is 2.72. The predicted molar refractivity (Wildman–Crippen MR) is 157 cm³/mol. The van der Waals surface area contributed by atoms with Crippen LogP contribution in [0.25, 0.3) is 0 Å². The summed E-state index contributed by atoms with van der Waals surface area (Å²) in [6.45, 7) is 3.55. The third kappa shape index (κ3) is 7.89. The molecule has 42 heavy (non-hydrogen) atoms. The Morgan fingerprint density at radius 1 is 0.881 bits per heavy atom. The minimum absolute atomic E-state index is 0.187. The van der Waals surface area contributed by atoms with E-state index in [-0.39, 0.29) is 38.1 Å². The van der Waals surface area contributed by atoms with Crippen molar-refractivity contribution in [2.45, 2.75) is 50.5 Å². The number of nitrogens with one attached hydrogen (secondary N) is 1. The van der Waals surface area contributed by atoms with Crippen LogP contribution in [-0.4, -0.2) is 43.8 Å². The van der Waals surface area contributed by atoms with E-state index in [0.29, 0.717) is 16.4 Å². The Bertz CT molecular complexity index is 1530. The molecular formula is C28H27Cl3F3N3O4S. The Hall–Kier alpha value is -2.99. The van der Waals surface area contributed by atoms with Crippen LogP contribution in [0.2, 0.25) is 15.1 Å². The van der Waals surface area contributed by atoms with Crippen LogP contribution in [0.3, 0.4) is 0 Å². The van der Waals surface area contributed by atoms with E-state index < -0.39 is 51.9 Å². The predicted octanol–water partition coefficient (Wildman–Crippen LogP) is 6.80. The van der Waals surface area contributed by atoms with E-state index in [1.165, 1.54) is 43.3 Å². The van der Waals surface area contributed by atoms with Crippen molar-refractivity contribution in [3.63, 3.8) is 0 Å². The van der Waals surface area contributed by atoms with Crippen molar-refractivity contribution >= 4 is 62.3 Å². The number of anilines is 1. The van der Waals surface area contributed by atoms with Crippen molar-refractivity contribution in [2.75, 3.05) is 10.8 Å². The lowest BCUT2D eigenvalue weighted by Gasteiger charge is -2.33. The molecule has 3 aromatic rings. The fourth-order valence-electron chi connectivity index (χ4n) is 3.95. The van der Waals surface area contributed by atoms with Gasteiger partial charge in [-0.15, -0.1) is 0 Å². The Morgan fingerprint density at radius 3 is 2.02 bits per heavy atom. The molecule has 226 valence electrons. The van der Waals surface area contributed by atoms with Gasteiger partial charge in [-0.05, 0) is 63.2 Å². The second-order valence-corrected chi connectivity index (χ2v) is 12.6. The third-order valence-corrected chi connectivity index (χ3v) is 8.94. The number of carbonyl (C=O) groups excluding carboxylic acids is 2. The van der Waals surface area contributed by atoms with E-state index in [2.05, 4.69) is 5.32 Å². The average molecular weight is 665 g/mol. The quantitative estimate of drug-likeness (QED) is 0.258. The molecule has 0 aliphatic rings. The van der Waals surface area contributed by atoms with Crippen LogP contribution in [0.5, 0.6) is 0 Å². The maximum Gasteiger partial charge on any atom is 0.416 e. The molecule has 3 aromatic carbocycles. The monoisotopic (exact) mass is 663 g/mol. The molecule has 14 heteroatoms. The summed E-state index contributed by atoms with van der Waals surface area (Å²) in [5.41, 5.74) is -1.46. The molecule has 0 bridgehead atoms. The number of benzene rings is 3. The number of sulfonamides is 1. The van der Waals surface area contributed by atoms with Gasteiger partial charge in [0.05, 0.1) is 21.2 Å². The van der Waals surface area contributed by atoms with Crippen LogP contribution >= 0.6 is 34.8 Å². The number of hydrogen-bond donors (Lipinski definition) is 1. The first-order valence-electron chi connectivity index (χ1n) is 12.5. The Morgan fingerprint density at radius 2 is 1.48 bits per heavy atom. The number of rotatable bonds is 10. The van der Waals surface area contributed by atoms with Gasteiger partial charge in [0.25, 0.3) is 10.0 Å². The van der Waals surface area contributed by atoms with Gasteiger partial charge in [0, 0.05) is 28.2 Å². The molecule has 0 spiro atoms. The van der Waals surface area contributed by atoms with Crippen LogP contribution < -0.4 is 9.62 Å². The Labute approximate surface area is 257 Å². The summed E-state index contributed by atoms with van der Waals surface area (Å²) in [4.78, 5) is 27.7. The van der Waals surface area contributed by atoms with E-state index in [0.717, 1.165) is 11.0 Å². The zero-order valence-corrected chi connectivity index (χ0v) is 25.7. The van der Waals surface area contributed by atoms with Crippen molar-refractivity contribution in [1.82, 2.24) is 10.2 Å². The summed E-state index contributed by atoms with van der Waals surface area (Å²) in [5.74, 6) is -1.48. The van der Waals surface area contributed by atoms with Gasteiger partial charge in [-0.25, -0.2) is 8.42 Å². The van der Waals surface area contributed by atoms with E-state index >= 15 is 0 Å². The lowest BCUT2D eigenvalue weighted by molar-refractivity contribution is -0.139. The second kappa shape index (κ2) is 13.5. The van der Waals surface area contributed by atoms with E-state index in [1.54, 1.807) is 26.0 Å². The van der Waals surface area contributed by atoms with Gasteiger partial charge in [-0.2, -0.15) is 13.2 Å². The first kappa shape index (κ1) is 33.5. The van der Waals surface area contributed by atoms with Crippen LogP contribution in [0, 0.1) is 0 Å². The van der Waals surface area contributed by atoms with Crippen molar-refractivity contribution < 1.29 is 31.2 Å². The summed E-state index contributed by atoms with van der Waals surface area (Å²) >= 11 is 18.9. The first-order chi connectivity index (χ1) is 19.5. The van der Waals surface area contributed by atoms with Gasteiger partial charge in [-0.1, -0.05) is 59.1 Å². The smallest absolute Gasteiger partial charge is 0.352 e. The van der Waals surface area contributed by atoms with E-state index in [4.69, 9.17) is 34.8 Å². The molecule has 0 saturated carbocycles. The van der Waals surface area contributed by atoms with Crippen molar-refractivity contribution in [3.05, 3.63) is 92.9 Å². The third-order valence-electron chi connectivity index (χ3n) is 6.14. The number of hydrogen-bond acceptors (Lipinski definition) is 4. The molecular weight excluding hydrogens is 638 g/mol. The number of carbonyl (C=O) groups is 2. The van der Waals surface area contributed by atoms with Crippen LogP contribution in [-0.2, 0) is 32.3 Å². The summed E-state index contributed by atoms with van der Waals surface area (Å²) in [6, 6.07) is 12.2. The second-order valence-electron chi connectivity index (χ2n) is 9.55. The van der Waals surface area contributed by atoms with Gasteiger partial charge in [0.2, 0.25) is 11.8 Å². The molecule has 1 N–H and O–H groups in total. The molecule has 0 heterocycles. The number of amides is 2. The molecule has 7 nitrogen and oxygen atoms in total. The molecule has 3 rings (SSSR count). The molecule has 0 saturated heterocycles. The van der Waals surface area contributed by atoms with Crippen LogP contribution in [0.4, 0.5) is 18.9 Å². The van der Waals surface area contributed by atoms with Gasteiger partial charge in [0.15, 0.2) is 0 Å². The molecule has 0 aliphatic heterocycles. The minimum Gasteiger partial charge on any atom is -0.352 e. The highest BCUT2D eigenvalue weighted by Crippen LogP contribution is 2.37. The van der Waals surface area contributed by atoms with E-state index in [1.807, 2.05) is 0 Å². The normalized spacial score (nSPS) is 12.6. The van der Waals surface area contributed by atoms with Gasteiger partial charge < -0.3 is 10.2 Å². The maximum absolute atomic E-state index is 13.9. The summed E-state index contributed by atoms with van der Waals surface area (Å²) < 4.78 is 69.0. The highest BCUT2D eigenvalue weighted by Gasteiger charge is 2.36. The molecule has 1 atom stereocenters. The van der Waals surface area contributed by atoms with Gasteiger partial charge in [0.1, 0.15) is 12.6 Å². The maximum atomic E-state index is 13.9. The topological polar surface area (TPSA) is 86.8 Å². The number of halogens is 6. The Kier molecular flexibility index (Phi) is 10.8.